The van der Waals surface area contributed by atoms with Crippen molar-refractivity contribution in [3.63, 3.8) is 0 Å². The molecule has 0 spiro atoms. The summed E-state index contributed by atoms with van der Waals surface area (Å²) in [6, 6.07) is 39.1. The van der Waals surface area contributed by atoms with Crippen LogP contribution in [-0.2, 0) is 5.41 Å². The zero-order valence-electron chi connectivity index (χ0n) is 24.7. The van der Waals surface area contributed by atoms with Crippen LogP contribution in [0.5, 0.6) is 0 Å². The van der Waals surface area contributed by atoms with E-state index in [0.29, 0.717) is 17.5 Å². The molecular weight excluding hydrogens is 526 g/mol. The molecule has 0 bridgehead atoms. The molecular formula is C38H31N5. The Hall–Kier alpha value is -5.29. The first kappa shape index (κ1) is 26.6. The van der Waals surface area contributed by atoms with Crippen molar-refractivity contribution in [3.8, 4) is 45.4 Å². The average Bonchev–Trinajstić information content (AvgIpc) is 3.04. The standard InChI is InChI=1S/C38H31N5/c1-24-22-31(38(2,3)4)30-20-18-25-19-21-32(40-33(25)34(30)39-24)28-16-11-17-29(23-28)37-42-35(26-12-7-5-8-13-26)41-36(43-37)27-14-9-6-10-15-27/h5-23H,1-4H3. The highest BCUT2D eigenvalue weighted by Gasteiger charge is 2.20. The molecule has 43 heavy (non-hydrogen) atoms. The predicted octanol–water partition coefficient (Wildman–Crippen LogP) is 9.24. The number of pyridine rings is 2. The predicted molar refractivity (Wildman–Crippen MR) is 176 cm³/mol. The van der Waals surface area contributed by atoms with E-state index in [0.717, 1.165) is 55.4 Å². The molecule has 0 radical (unpaired) electrons. The van der Waals surface area contributed by atoms with E-state index in [1.54, 1.807) is 0 Å². The summed E-state index contributed by atoms with van der Waals surface area (Å²) in [5, 5.41) is 2.22. The number of fused-ring (bicyclic) bond motifs is 3. The highest BCUT2D eigenvalue weighted by Crippen LogP contribution is 2.34. The zero-order valence-corrected chi connectivity index (χ0v) is 24.7. The second-order valence-electron chi connectivity index (χ2n) is 11.9. The number of nitrogens with zero attached hydrogens (tertiary/aromatic N) is 5. The third-order valence-corrected chi connectivity index (χ3v) is 7.69. The van der Waals surface area contributed by atoms with Gasteiger partial charge in [-0.25, -0.2) is 19.9 Å². The zero-order chi connectivity index (χ0) is 29.6. The number of rotatable bonds is 4. The third-order valence-electron chi connectivity index (χ3n) is 7.69. The molecule has 7 aromatic rings. The highest BCUT2D eigenvalue weighted by molar-refractivity contribution is 6.05. The molecule has 208 valence electrons. The van der Waals surface area contributed by atoms with Crippen LogP contribution in [0.25, 0.3) is 67.2 Å². The molecule has 5 heteroatoms. The fourth-order valence-electron chi connectivity index (χ4n) is 5.54. The van der Waals surface area contributed by atoms with Gasteiger partial charge in [0.05, 0.1) is 16.7 Å². The topological polar surface area (TPSA) is 64.5 Å². The molecule has 0 fully saturated rings. The maximum Gasteiger partial charge on any atom is 0.164 e. The van der Waals surface area contributed by atoms with E-state index in [1.165, 1.54) is 5.56 Å². The van der Waals surface area contributed by atoms with Crippen LogP contribution >= 0.6 is 0 Å². The van der Waals surface area contributed by atoms with Crippen LogP contribution in [0.2, 0.25) is 0 Å². The molecule has 0 aliphatic heterocycles. The Morgan fingerprint density at radius 1 is 0.465 bits per heavy atom. The lowest BCUT2D eigenvalue weighted by atomic mass is 9.84. The van der Waals surface area contributed by atoms with Crippen LogP contribution in [0.1, 0.15) is 32.0 Å². The number of hydrogen-bond acceptors (Lipinski definition) is 5. The van der Waals surface area contributed by atoms with E-state index in [2.05, 4.69) is 70.2 Å². The number of aromatic nitrogens is 5. The van der Waals surface area contributed by atoms with Crippen molar-refractivity contribution in [1.82, 2.24) is 24.9 Å². The molecule has 0 N–H and O–H groups in total. The van der Waals surface area contributed by atoms with Gasteiger partial charge in [-0.15, -0.1) is 0 Å². The molecule has 0 atom stereocenters. The van der Waals surface area contributed by atoms with Gasteiger partial charge in [0, 0.05) is 38.7 Å². The van der Waals surface area contributed by atoms with Gasteiger partial charge in [-0.2, -0.15) is 0 Å². The van der Waals surface area contributed by atoms with Crippen LogP contribution in [0.3, 0.4) is 0 Å². The Kier molecular flexibility index (Phi) is 6.51. The third kappa shape index (κ3) is 5.15. The molecule has 0 aliphatic carbocycles. The van der Waals surface area contributed by atoms with Gasteiger partial charge in [-0.1, -0.05) is 118 Å². The quantitative estimate of drug-likeness (QED) is 0.202. The number of hydrogen-bond donors (Lipinski definition) is 0. The molecule has 3 heterocycles. The first-order valence-electron chi connectivity index (χ1n) is 14.5. The second kappa shape index (κ2) is 10.5. The van der Waals surface area contributed by atoms with Crippen molar-refractivity contribution in [1.29, 1.82) is 0 Å². The first-order chi connectivity index (χ1) is 20.8. The van der Waals surface area contributed by atoms with Crippen LogP contribution in [0, 0.1) is 6.92 Å². The summed E-state index contributed by atoms with van der Waals surface area (Å²) >= 11 is 0. The molecule has 0 amide bonds. The molecule has 5 nitrogen and oxygen atoms in total. The second-order valence-corrected chi connectivity index (χ2v) is 11.9. The largest absolute Gasteiger partial charge is 0.251 e. The van der Waals surface area contributed by atoms with E-state index in [9.17, 15) is 0 Å². The summed E-state index contributed by atoms with van der Waals surface area (Å²) in [5.41, 5.74) is 8.78. The van der Waals surface area contributed by atoms with E-state index in [4.69, 9.17) is 24.9 Å². The summed E-state index contributed by atoms with van der Waals surface area (Å²) in [5.74, 6) is 1.90. The molecule has 3 aromatic heterocycles. The van der Waals surface area contributed by atoms with E-state index in [-0.39, 0.29) is 5.41 Å². The van der Waals surface area contributed by atoms with Crippen molar-refractivity contribution in [2.75, 3.05) is 0 Å². The lowest BCUT2D eigenvalue weighted by molar-refractivity contribution is 0.594. The van der Waals surface area contributed by atoms with Gasteiger partial charge < -0.3 is 0 Å². The molecule has 4 aromatic carbocycles. The average molecular weight is 558 g/mol. The maximum atomic E-state index is 5.19. The Labute approximate surface area is 251 Å². The van der Waals surface area contributed by atoms with Gasteiger partial charge in [0.1, 0.15) is 0 Å². The summed E-state index contributed by atoms with van der Waals surface area (Å²) in [4.78, 5) is 24.8. The molecule has 0 saturated carbocycles. The first-order valence-corrected chi connectivity index (χ1v) is 14.5. The lowest BCUT2D eigenvalue weighted by Gasteiger charge is -2.22. The Morgan fingerprint density at radius 2 is 1.02 bits per heavy atom. The minimum Gasteiger partial charge on any atom is -0.251 e. The van der Waals surface area contributed by atoms with Crippen molar-refractivity contribution in [3.05, 3.63) is 127 Å². The van der Waals surface area contributed by atoms with Crippen LogP contribution < -0.4 is 0 Å². The monoisotopic (exact) mass is 557 g/mol. The van der Waals surface area contributed by atoms with Gasteiger partial charge in [0.25, 0.3) is 0 Å². The van der Waals surface area contributed by atoms with E-state index >= 15 is 0 Å². The van der Waals surface area contributed by atoms with Crippen LogP contribution in [0.15, 0.2) is 115 Å². The Bertz CT molecular complexity index is 2060. The van der Waals surface area contributed by atoms with E-state index < -0.39 is 0 Å². The normalized spacial score (nSPS) is 11.7. The summed E-state index contributed by atoms with van der Waals surface area (Å²) in [7, 11) is 0. The fourth-order valence-corrected chi connectivity index (χ4v) is 5.54. The van der Waals surface area contributed by atoms with Crippen LogP contribution in [0.4, 0.5) is 0 Å². The molecule has 0 saturated heterocycles. The minimum absolute atomic E-state index is 0.00663. The van der Waals surface area contributed by atoms with Gasteiger partial charge in [0.2, 0.25) is 0 Å². The SMILES string of the molecule is Cc1cc(C(C)(C)C)c2ccc3ccc(-c4cccc(-c5nc(-c6ccccc6)nc(-c6ccccc6)n5)c4)nc3c2n1. The smallest absolute Gasteiger partial charge is 0.164 e. The molecule has 0 unspecified atom stereocenters. The number of aryl methyl sites for hydroxylation is 1. The summed E-state index contributed by atoms with van der Waals surface area (Å²) in [6.07, 6.45) is 0. The van der Waals surface area contributed by atoms with E-state index in [1.807, 2.05) is 72.8 Å². The fraction of sp³-hybridized carbons (Fsp3) is 0.132. The van der Waals surface area contributed by atoms with Gasteiger partial charge in [-0.05, 0) is 36.1 Å². The minimum atomic E-state index is -0.00663. The Morgan fingerprint density at radius 3 is 1.65 bits per heavy atom. The van der Waals surface area contributed by atoms with Crippen molar-refractivity contribution in [2.24, 2.45) is 0 Å². The van der Waals surface area contributed by atoms with Crippen molar-refractivity contribution in [2.45, 2.75) is 33.1 Å². The summed E-state index contributed by atoms with van der Waals surface area (Å²) < 4.78 is 0. The van der Waals surface area contributed by atoms with Crippen LogP contribution in [-0.4, -0.2) is 24.9 Å². The number of benzene rings is 4. The molecule has 7 rings (SSSR count). The summed E-state index contributed by atoms with van der Waals surface area (Å²) in [6.45, 7) is 8.79. The highest BCUT2D eigenvalue weighted by atomic mass is 15.0. The Balaban J connectivity index is 1.37. The molecule has 0 aliphatic rings. The van der Waals surface area contributed by atoms with Crippen molar-refractivity contribution < 1.29 is 0 Å². The van der Waals surface area contributed by atoms with Gasteiger partial charge in [-0.3, -0.25) is 4.98 Å². The van der Waals surface area contributed by atoms with Crippen molar-refractivity contribution >= 4 is 21.8 Å². The lowest BCUT2D eigenvalue weighted by Crippen LogP contribution is -2.12. The van der Waals surface area contributed by atoms with Gasteiger partial charge >= 0.3 is 0 Å². The van der Waals surface area contributed by atoms with Gasteiger partial charge in [0.15, 0.2) is 17.5 Å². The maximum absolute atomic E-state index is 5.19.